The molecule has 0 bridgehead atoms. The van der Waals surface area contributed by atoms with Crippen LogP contribution in [0.5, 0.6) is 0 Å². The zero-order valence-electron chi connectivity index (χ0n) is 11.7. The van der Waals surface area contributed by atoms with E-state index >= 15 is 0 Å². The maximum atomic E-state index is 11.6. The summed E-state index contributed by atoms with van der Waals surface area (Å²) < 4.78 is 0. The van der Waals surface area contributed by atoms with Gasteiger partial charge in [0, 0.05) is 9.79 Å². The second kappa shape index (κ2) is 5.62. The van der Waals surface area contributed by atoms with Gasteiger partial charge in [0.25, 0.3) is 0 Å². The molecule has 0 radical (unpaired) electrons. The standard InChI is InChI=1S/C17H14O2S2/c1-20-11-3-5-13-10(7-11)8-16(17(18)19)14-6-4-12(21-2)9-15(13)14/h3-9H,1-2H3,(H,18,19). The van der Waals surface area contributed by atoms with Crippen LogP contribution in [0.1, 0.15) is 10.4 Å². The molecule has 0 amide bonds. The topological polar surface area (TPSA) is 37.3 Å². The number of fused-ring (bicyclic) bond motifs is 3. The van der Waals surface area contributed by atoms with E-state index in [9.17, 15) is 9.90 Å². The number of carbonyl (C=O) groups is 1. The Kier molecular flexibility index (Phi) is 3.83. The highest BCUT2D eigenvalue weighted by molar-refractivity contribution is 7.98. The first-order chi connectivity index (χ1) is 10.1. The number of carboxylic acid groups (broad SMARTS) is 1. The molecule has 1 N–H and O–H groups in total. The number of carboxylic acids is 1. The number of hydrogen-bond acceptors (Lipinski definition) is 3. The van der Waals surface area contributed by atoms with Crippen LogP contribution in [0.25, 0.3) is 21.5 Å². The van der Waals surface area contributed by atoms with Gasteiger partial charge in [-0.05, 0) is 64.4 Å². The molecule has 0 heterocycles. The van der Waals surface area contributed by atoms with Gasteiger partial charge in [0.1, 0.15) is 0 Å². The summed E-state index contributed by atoms with van der Waals surface area (Å²) in [5, 5.41) is 13.4. The third-order valence-electron chi connectivity index (χ3n) is 3.60. The van der Waals surface area contributed by atoms with E-state index in [1.807, 2.05) is 24.6 Å². The third kappa shape index (κ3) is 2.49. The average molecular weight is 314 g/mol. The zero-order valence-corrected chi connectivity index (χ0v) is 13.3. The summed E-state index contributed by atoms with van der Waals surface area (Å²) in [5.74, 6) is -0.881. The van der Waals surface area contributed by atoms with Crippen LogP contribution in [0, 0.1) is 0 Å². The highest BCUT2D eigenvalue weighted by atomic mass is 32.2. The molecule has 3 aromatic rings. The molecule has 0 atom stereocenters. The van der Waals surface area contributed by atoms with Crippen LogP contribution in [0.2, 0.25) is 0 Å². The van der Waals surface area contributed by atoms with Crippen molar-refractivity contribution in [3.8, 4) is 0 Å². The minimum absolute atomic E-state index is 0.364. The molecule has 3 aromatic carbocycles. The summed E-state index contributed by atoms with van der Waals surface area (Å²) in [4.78, 5) is 13.8. The fourth-order valence-electron chi connectivity index (χ4n) is 2.55. The van der Waals surface area contributed by atoms with Gasteiger partial charge < -0.3 is 5.11 Å². The Hall–Kier alpha value is -1.65. The lowest BCUT2D eigenvalue weighted by atomic mass is 9.97. The van der Waals surface area contributed by atoms with Crippen molar-refractivity contribution in [2.45, 2.75) is 9.79 Å². The van der Waals surface area contributed by atoms with E-state index in [1.54, 1.807) is 29.6 Å². The van der Waals surface area contributed by atoms with Crippen LogP contribution in [0.4, 0.5) is 0 Å². The molecule has 0 aromatic heterocycles. The van der Waals surface area contributed by atoms with Crippen LogP contribution in [0.3, 0.4) is 0 Å². The van der Waals surface area contributed by atoms with Crippen LogP contribution < -0.4 is 0 Å². The normalized spacial score (nSPS) is 11.1. The van der Waals surface area contributed by atoms with Gasteiger partial charge in [-0.2, -0.15) is 0 Å². The summed E-state index contributed by atoms with van der Waals surface area (Å²) in [6.45, 7) is 0. The van der Waals surface area contributed by atoms with Gasteiger partial charge in [0.15, 0.2) is 0 Å². The molecule has 0 aliphatic carbocycles. The van der Waals surface area contributed by atoms with E-state index in [0.29, 0.717) is 5.56 Å². The average Bonchev–Trinajstić information content (AvgIpc) is 2.52. The monoisotopic (exact) mass is 314 g/mol. The summed E-state index contributed by atoms with van der Waals surface area (Å²) in [6.07, 6.45) is 4.04. The highest BCUT2D eigenvalue weighted by Gasteiger charge is 2.12. The number of rotatable bonds is 3. The molecule has 21 heavy (non-hydrogen) atoms. The molecule has 4 heteroatoms. The van der Waals surface area contributed by atoms with Gasteiger partial charge in [0.05, 0.1) is 5.56 Å². The van der Waals surface area contributed by atoms with Crippen LogP contribution in [-0.4, -0.2) is 23.6 Å². The molecular weight excluding hydrogens is 300 g/mol. The van der Waals surface area contributed by atoms with Gasteiger partial charge in [-0.15, -0.1) is 23.5 Å². The van der Waals surface area contributed by atoms with E-state index in [2.05, 4.69) is 24.3 Å². The summed E-state index contributed by atoms with van der Waals surface area (Å²) in [6, 6.07) is 14.0. The van der Waals surface area contributed by atoms with Crippen molar-refractivity contribution in [2.75, 3.05) is 12.5 Å². The number of aromatic carboxylic acids is 1. The van der Waals surface area contributed by atoms with Gasteiger partial charge in [-0.1, -0.05) is 12.1 Å². The number of hydrogen-bond donors (Lipinski definition) is 1. The smallest absolute Gasteiger partial charge is 0.336 e. The molecule has 106 valence electrons. The van der Waals surface area contributed by atoms with Crippen molar-refractivity contribution in [1.29, 1.82) is 0 Å². The van der Waals surface area contributed by atoms with Crippen molar-refractivity contribution in [2.24, 2.45) is 0 Å². The predicted octanol–water partition coefficient (Wildman–Crippen LogP) is 5.14. The molecule has 0 aliphatic heterocycles. The van der Waals surface area contributed by atoms with E-state index in [4.69, 9.17) is 0 Å². The molecule has 0 unspecified atom stereocenters. The Balaban J connectivity index is 2.47. The molecule has 0 saturated heterocycles. The van der Waals surface area contributed by atoms with E-state index < -0.39 is 5.97 Å². The molecule has 0 fully saturated rings. The van der Waals surface area contributed by atoms with E-state index in [0.717, 1.165) is 31.3 Å². The minimum Gasteiger partial charge on any atom is -0.478 e. The van der Waals surface area contributed by atoms with Crippen molar-refractivity contribution in [3.05, 3.63) is 48.0 Å². The predicted molar refractivity (Wildman–Crippen MR) is 92.0 cm³/mol. The van der Waals surface area contributed by atoms with Crippen molar-refractivity contribution < 1.29 is 9.90 Å². The Morgan fingerprint density at radius 2 is 1.48 bits per heavy atom. The summed E-state index contributed by atoms with van der Waals surface area (Å²) in [5.41, 5.74) is 0.364. The number of benzene rings is 3. The second-order valence-corrected chi connectivity index (χ2v) is 6.49. The molecule has 3 rings (SSSR count). The maximum Gasteiger partial charge on any atom is 0.336 e. The third-order valence-corrected chi connectivity index (χ3v) is 5.05. The first kappa shape index (κ1) is 14.3. The van der Waals surface area contributed by atoms with Crippen LogP contribution >= 0.6 is 23.5 Å². The first-order valence-corrected chi connectivity index (χ1v) is 8.91. The van der Waals surface area contributed by atoms with Gasteiger partial charge in [-0.3, -0.25) is 0 Å². The molecule has 0 aliphatic rings. The fraction of sp³-hybridized carbons (Fsp3) is 0.118. The van der Waals surface area contributed by atoms with E-state index in [-0.39, 0.29) is 0 Å². The molecular formula is C17H14O2S2. The van der Waals surface area contributed by atoms with Crippen molar-refractivity contribution in [3.63, 3.8) is 0 Å². The SMILES string of the molecule is CSc1ccc2c(c1)cc(C(=O)O)c1ccc(SC)cc12. The minimum atomic E-state index is -0.881. The zero-order chi connectivity index (χ0) is 15.0. The Morgan fingerprint density at radius 3 is 2.10 bits per heavy atom. The van der Waals surface area contributed by atoms with Gasteiger partial charge in [-0.25, -0.2) is 4.79 Å². The first-order valence-electron chi connectivity index (χ1n) is 6.46. The molecule has 0 saturated carbocycles. The van der Waals surface area contributed by atoms with Crippen molar-refractivity contribution >= 4 is 51.0 Å². The molecule has 2 nitrogen and oxygen atoms in total. The fourth-order valence-corrected chi connectivity index (χ4v) is 3.44. The van der Waals surface area contributed by atoms with Crippen LogP contribution in [-0.2, 0) is 0 Å². The summed E-state index contributed by atoms with van der Waals surface area (Å²) >= 11 is 3.32. The lowest BCUT2D eigenvalue weighted by Gasteiger charge is -2.10. The largest absolute Gasteiger partial charge is 0.478 e. The Morgan fingerprint density at radius 1 is 0.857 bits per heavy atom. The Bertz CT molecular complexity index is 856. The maximum absolute atomic E-state index is 11.6. The van der Waals surface area contributed by atoms with Crippen molar-refractivity contribution in [1.82, 2.24) is 0 Å². The van der Waals surface area contributed by atoms with E-state index in [1.165, 1.54) is 0 Å². The summed E-state index contributed by atoms with van der Waals surface area (Å²) in [7, 11) is 0. The number of thioether (sulfide) groups is 2. The quantitative estimate of drug-likeness (QED) is 0.537. The van der Waals surface area contributed by atoms with Gasteiger partial charge in [0.2, 0.25) is 0 Å². The lowest BCUT2D eigenvalue weighted by molar-refractivity contribution is 0.0699. The molecule has 0 spiro atoms. The second-order valence-electron chi connectivity index (χ2n) is 4.73. The van der Waals surface area contributed by atoms with Gasteiger partial charge >= 0.3 is 5.97 Å². The Labute approximate surface area is 131 Å². The lowest BCUT2D eigenvalue weighted by Crippen LogP contribution is -1.98. The highest BCUT2D eigenvalue weighted by Crippen LogP contribution is 2.33. The van der Waals surface area contributed by atoms with Crippen LogP contribution in [0.15, 0.2) is 52.3 Å².